The van der Waals surface area contributed by atoms with Gasteiger partial charge in [0, 0.05) is 6.61 Å². The Morgan fingerprint density at radius 1 is 1.60 bits per heavy atom. The van der Waals surface area contributed by atoms with Crippen molar-refractivity contribution in [2.75, 3.05) is 6.61 Å². The Kier molecular flexibility index (Phi) is 4.02. The van der Waals surface area contributed by atoms with Gasteiger partial charge in [-0.25, -0.2) is 0 Å². The molecule has 2 rings (SSSR count). The third-order valence-corrected chi connectivity index (χ3v) is 3.52. The number of aromatic nitrogens is 2. The Bertz CT molecular complexity index is 320. The van der Waals surface area contributed by atoms with E-state index in [1.54, 1.807) is 0 Å². The van der Waals surface area contributed by atoms with Crippen molar-refractivity contribution < 1.29 is 4.74 Å². The normalized spacial score (nSPS) is 15.9. The second-order valence-corrected chi connectivity index (χ2v) is 5.18. The van der Waals surface area contributed by atoms with Gasteiger partial charge in [-0.15, -0.1) is 0 Å². The van der Waals surface area contributed by atoms with E-state index >= 15 is 0 Å². The van der Waals surface area contributed by atoms with Crippen LogP contribution in [0.4, 0.5) is 0 Å². The van der Waals surface area contributed by atoms with Crippen molar-refractivity contribution in [3.05, 3.63) is 15.5 Å². The molecule has 1 aliphatic carbocycles. The Balaban J connectivity index is 1.90. The number of rotatable bonds is 6. The molecule has 84 valence electrons. The topological polar surface area (TPSA) is 27.1 Å². The van der Waals surface area contributed by atoms with Crippen molar-refractivity contribution in [3.8, 4) is 0 Å². The third-order valence-electron chi connectivity index (χ3n) is 2.62. The van der Waals surface area contributed by atoms with Gasteiger partial charge in [0.2, 0.25) is 0 Å². The smallest absolute Gasteiger partial charge is 0.0895 e. The molecule has 1 aromatic rings. The maximum absolute atomic E-state index is 5.65. The molecule has 1 heterocycles. The van der Waals surface area contributed by atoms with E-state index in [2.05, 4.69) is 39.3 Å². The monoisotopic (exact) mass is 320 g/mol. The minimum absolute atomic E-state index is 0.651. The highest BCUT2D eigenvalue weighted by Crippen LogP contribution is 2.36. The Morgan fingerprint density at radius 3 is 3.07 bits per heavy atom. The first kappa shape index (κ1) is 11.4. The fraction of sp³-hybridized carbons (Fsp3) is 0.727. The molecule has 1 saturated carbocycles. The van der Waals surface area contributed by atoms with Crippen LogP contribution in [0.1, 0.15) is 44.3 Å². The second-order valence-electron chi connectivity index (χ2n) is 4.02. The lowest BCUT2D eigenvalue weighted by Gasteiger charge is -2.07. The first-order chi connectivity index (χ1) is 7.33. The summed E-state index contributed by atoms with van der Waals surface area (Å²) in [4.78, 5) is 0. The maximum Gasteiger partial charge on any atom is 0.0895 e. The molecule has 1 aromatic heterocycles. The van der Waals surface area contributed by atoms with E-state index in [1.807, 2.05) is 6.20 Å². The van der Waals surface area contributed by atoms with Gasteiger partial charge >= 0.3 is 0 Å². The lowest BCUT2D eigenvalue weighted by Crippen LogP contribution is -2.06. The minimum atomic E-state index is 0.651. The van der Waals surface area contributed by atoms with Crippen molar-refractivity contribution in [2.45, 2.75) is 45.3 Å². The van der Waals surface area contributed by atoms with Gasteiger partial charge < -0.3 is 4.74 Å². The molecule has 1 aliphatic rings. The highest BCUT2D eigenvalue weighted by atomic mass is 127. The van der Waals surface area contributed by atoms with Crippen molar-refractivity contribution in [1.82, 2.24) is 9.78 Å². The summed E-state index contributed by atoms with van der Waals surface area (Å²) in [6, 6.07) is 0.651. The summed E-state index contributed by atoms with van der Waals surface area (Å²) < 4.78 is 9.03. The third kappa shape index (κ3) is 2.93. The number of halogens is 1. The molecule has 0 saturated heterocycles. The minimum Gasteiger partial charge on any atom is -0.375 e. The van der Waals surface area contributed by atoms with E-state index < -0.39 is 0 Å². The summed E-state index contributed by atoms with van der Waals surface area (Å²) in [6.07, 6.45) is 6.84. The predicted octanol–water partition coefficient (Wildman–Crippen LogP) is 3.14. The van der Waals surface area contributed by atoms with Crippen molar-refractivity contribution in [2.24, 2.45) is 0 Å². The molecule has 0 aliphatic heterocycles. The number of ether oxygens (including phenoxy) is 1. The largest absolute Gasteiger partial charge is 0.375 e. The first-order valence-electron chi connectivity index (χ1n) is 5.62. The van der Waals surface area contributed by atoms with Crippen LogP contribution in [0.15, 0.2) is 6.20 Å². The van der Waals surface area contributed by atoms with Gasteiger partial charge in [-0.05, 0) is 41.9 Å². The van der Waals surface area contributed by atoms with Gasteiger partial charge in [-0.3, -0.25) is 4.68 Å². The lowest BCUT2D eigenvalue weighted by atomic mass is 10.3. The summed E-state index contributed by atoms with van der Waals surface area (Å²) in [5, 5.41) is 4.41. The number of hydrogen-bond acceptors (Lipinski definition) is 2. The molecule has 1 fully saturated rings. The average Bonchev–Trinajstić information content (AvgIpc) is 3.00. The zero-order chi connectivity index (χ0) is 10.7. The van der Waals surface area contributed by atoms with Gasteiger partial charge in [0.1, 0.15) is 0 Å². The molecular formula is C11H17IN2O. The van der Waals surface area contributed by atoms with Crippen LogP contribution < -0.4 is 0 Å². The van der Waals surface area contributed by atoms with E-state index in [0.29, 0.717) is 6.04 Å². The van der Waals surface area contributed by atoms with E-state index in [0.717, 1.165) is 19.6 Å². The van der Waals surface area contributed by atoms with Crippen LogP contribution in [-0.2, 0) is 11.3 Å². The average molecular weight is 320 g/mol. The summed E-state index contributed by atoms with van der Waals surface area (Å²) in [5.41, 5.74) is 1.26. The molecule has 0 atom stereocenters. The van der Waals surface area contributed by atoms with Crippen LogP contribution in [0.25, 0.3) is 0 Å². The van der Waals surface area contributed by atoms with Gasteiger partial charge in [-0.2, -0.15) is 5.10 Å². The Labute approximate surface area is 104 Å². The summed E-state index contributed by atoms with van der Waals surface area (Å²) >= 11 is 2.34. The fourth-order valence-corrected chi connectivity index (χ4v) is 2.08. The van der Waals surface area contributed by atoms with E-state index in [9.17, 15) is 0 Å². The quantitative estimate of drug-likeness (QED) is 0.595. The molecule has 0 unspecified atom stereocenters. The maximum atomic E-state index is 5.65. The van der Waals surface area contributed by atoms with E-state index in [1.165, 1.54) is 28.5 Å². The molecule has 0 spiro atoms. The van der Waals surface area contributed by atoms with E-state index in [-0.39, 0.29) is 0 Å². The second kappa shape index (κ2) is 5.30. The number of hydrogen-bond donors (Lipinski definition) is 0. The summed E-state index contributed by atoms with van der Waals surface area (Å²) in [5.74, 6) is 0. The van der Waals surface area contributed by atoms with Crippen LogP contribution in [0.5, 0.6) is 0 Å². The highest BCUT2D eigenvalue weighted by molar-refractivity contribution is 14.1. The molecule has 0 aromatic carbocycles. The van der Waals surface area contributed by atoms with Crippen molar-refractivity contribution in [1.29, 1.82) is 0 Å². The molecule has 0 bridgehead atoms. The van der Waals surface area contributed by atoms with Gasteiger partial charge in [-0.1, -0.05) is 13.3 Å². The fourth-order valence-electron chi connectivity index (χ4n) is 1.55. The van der Waals surface area contributed by atoms with Crippen molar-refractivity contribution >= 4 is 22.6 Å². The number of unbranched alkanes of at least 4 members (excludes halogenated alkanes) is 1. The van der Waals surface area contributed by atoms with Crippen LogP contribution in [0.3, 0.4) is 0 Å². The zero-order valence-electron chi connectivity index (χ0n) is 9.08. The molecule has 0 amide bonds. The highest BCUT2D eigenvalue weighted by Gasteiger charge is 2.27. The predicted molar refractivity (Wildman–Crippen MR) is 67.8 cm³/mol. The first-order valence-corrected chi connectivity index (χ1v) is 6.70. The standard InChI is InChI=1S/C11H17IN2O/c1-2-3-6-15-8-11-10(12)7-13-14(11)9-4-5-9/h7,9H,2-6,8H2,1H3. The molecular weight excluding hydrogens is 303 g/mol. The molecule has 3 nitrogen and oxygen atoms in total. The van der Waals surface area contributed by atoms with Crippen LogP contribution in [0, 0.1) is 3.57 Å². The summed E-state index contributed by atoms with van der Waals surface area (Å²) in [7, 11) is 0. The van der Waals surface area contributed by atoms with Gasteiger partial charge in [0.05, 0.1) is 28.1 Å². The van der Waals surface area contributed by atoms with Gasteiger partial charge in [0.25, 0.3) is 0 Å². The molecule has 0 radical (unpaired) electrons. The SMILES string of the molecule is CCCCOCc1c(I)cnn1C1CC1. The van der Waals surface area contributed by atoms with Crippen LogP contribution >= 0.6 is 22.6 Å². The zero-order valence-corrected chi connectivity index (χ0v) is 11.2. The van der Waals surface area contributed by atoms with Gasteiger partial charge in [0.15, 0.2) is 0 Å². The van der Waals surface area contributed by atoms with Crippen LogP contribution in [-0.4, -0.2) is 16.4 Å². The molecule has 15 heavy (non-hydrogen) atoms. The number of nitrogens with zero attached hydrogens (tertiary/aromatic N) is 2. The Morgan fingerprint density at radius 2 is 2.40 bits per heavy atom. The van der Waals surface area contributed by atoms with Crippen LogP contribution in [0.2, 0.25) is 0 Å². The summed E-state index contributed by atoms with van der Waals surface area (Å²) in [6.45, 7) is 3.76. The molecule has 0 N–H and O–H groups in total. The van der Waals surface area contributed by atoms with E-state index in [4.69, 9.17) is 4.74 Å². The molecule has 4 heteroatoms. The Hall–Kier alpha value is -0.100. The lowest BCUT2D eigenvalue weighted by molar-refractivity contribution is 0.111. The van der Waals surface area contributed by atoms with Crippen molar-refractivity contribution in [3.63, 3.8) is 0 Å².